The van der Waals surface area contributed by atoms with Crippen LogP contribution in [-0.2, 0) is 14.3 Å². The molecular formula is C24H24O4. The molecule has 2 fully saturated rings. The van der Waals surface area contributed by atoms with Crippen LogP contribution in [0.4, 0.5) is 0 Å². The maximum absolute atomic E-state index is 12.7. The van der Waals surface area contributed by atoms with E-state index < -0.39 is 0 Å². The van der Waals surface area contributed by atoms with Crippen molar-refractivity contribution in [3.05, 3.63) is 72.3 Å². The molecule has 28 heavy (non-hydrogen) atoms. The summed E-state index contributed by atoms with van der Waals surface area (Å²) < 4.78 is 11.3. The molecule has 1 aliphatic heterocycles. The Kier molecular flexibility index (Phi) is 5.29. The van der Waals surface area contributed by atoms with Gasteiger partial charge in [0.15, 0.2) is 0 Å². The summed E-state index contributed by atoms with van der Waals surface area (Å²) >= 11 is 0. The summed E-state index contributed by atoms with van der Waals surface area (Å²) in [5.41, 5.74) is 2.70. The number of carbonyl (C=O) groups excluding carboxylic acids is 2. The first kappa shape index (κ1) is 18.5. The standard InChI is InChI=1S/C24H24O4/c1-2-3-9-19-20-14-23(25)27-22(20)15-21(19)28-24(26)18-12-10-17(11-13-18)16-7-5-4-6-8-16/h3-13,19-22H,2,14-15H2,1H3/b9-3+/t19-,20-,21-,22+/m1/s1. The Hall–Kier alpha value is -2.88. The summed E-state index contributed by atoms with van der Waals surface area (Å²) in [7, 11) is 0. The summed E-state index contributed by atoms with van der Waals surface area (Å²) in [6.45, 7) is 2.06. The van der Waals surface area contributed by atoms with E-state index in [-0.39, 0.29) is 36.0 Å². The normalized spacial score (nSPS) is 26.2. The third kappa shape index (κ3) is 3.72. The Morgan fingerprint density at radius 2 is 1.82 bits per heavy atom. The zero-order valence-corrected chi connectivity index (χ0v) is 15.9. The highest BCUT2D eigenvalue weighted by Gasteiger charge is 2.50. The smallest absolute Gasteiger partial charge is 0.338 e. The number of benzene rings is 2. The first-order valence-electron chi connectivity index (χ1n) is 9.88. The van der Waals surface area contributed by atoms with Crippen LogP contribution in [0.3, 0.4) is 0 Å². The van der Waals surface area contributed by atoms with Gasteiger partial charge in [-0.05, 0) is 29.7 Å². The number of hydrogen-bond donors (Lipinski definition) is 0. The van der Waals surface area contributed by atoms with E-state index in [1.807, 2.05) is 42.5 Å². The summed E-state index contributed by atoms with van der Waals surface area (Å²) in [6, 6.07) is 17.5. The largest absolute Gasteiger partial charge is 0.462 e. The van der Waals surface area contributed by atoms with E-state index in [0.29, 0.717) is 18.4 Å². The summed E-state index contributed by atoms with van der Waals surface area (Å²) in [5, 5.41) is 0. The third-order valence-electron chi connectivity index (χ3n) is 5.63. The lowest BCUT2D eigenvalue weighted by atomic mass is 9.91. The SMILES string of the molecule is CC/C=C/[C@@H]1[C@H]2CC(=O)O[C@H]2C[C@H]1OC(=O)c1ccc(-c2ccccc2)cc1. The molecule has 4 nitrogen and oxygen atoms in total. The molecule has 0 spiro atoms. The molecule has 144 valence electrons. The summed E-state index contributed by atoms with van der Waals surface area (Å²) in [6.07, 6.45) is 5.65. The number of ether oxygens (including phenoxy) is 2. The maximum atomic E-state index is 12.7. The third-order valence-corrected chi connectivity index (χ3v) is 5.63. The van der Waals surface area contributed by atoms with Gasteiger partial charge in [0.25, 0.3) is 0 Å². The van der Waals surface area contributed by atoms with Gasteiger partial charge in [0.2, 0.25) is 0 Å². The van der Waals surface area contributed by atoms with E-state index in [0.717, 1.165) is 17.5 Å². The molecule has 0 N–H and O–H groups in total. The summed E-state index contributed by atoms with van der Waals surface area (Å²) in [5.74, 6) is -0.338. The number of fused-ring (bicyclic) bond motifs is 1. The monoisotopic (exact) mass is 376 g/mol. The first-order valence-corrected chi connectivity index (χ1v) is 9.88. The number of carbonyl (C=O) groups is 2. The fourth-order valence-electron chi connectivity index (χ4n) is 4.22. The average molecular weight is 376 g/mol. The predicted molar refractivity (Wildman–Crippen MR) is 107 cm³/mol. The van der Waals surface area contributed by atoms with E-state index >= 15 is 0 Å². The van der Waals surface area contributed by atoms with Crippen molar-refractivity contribution in [3.63, 3.8) is 0 Å². The molecule has 4 rings (SSSR count). The van der Waals surface area contributed by atoms with Gasteiger partial charge in [0.05, 0.1) is 12.0 Å². The predicted octanol–water partition coefficient (Wildman–Crippen LogP) is 4.80. The van der Waals surface area contributed by atoms with E-state index in [1.165, 1.54) is 0 Å². The minimum absolute atomic E-state index is 0.0314. The van der Waals surface area contributed by atoms with Crippen LogP contribution in [0.15, 0.2) is 66.7 Å². The van der Waals surface area contributed by atoms with Crippen molar-refractivity contribution in [2.75, 3.05) is 0 Å². The van der Waals surface area contributed by atoms with E-state index in [9.17, 15) is 9.59 Å². The van der Waals surface area contributed by atoms with Gasteiger partial charge in [-0.25, -0.2) is 4.79 Å². The molecule has 1 saturated carbocycles. The van der Waals surface area contributed by atoms with Crippen LogP contribution in [0.5, 0.6) is 0 Å². The van der Waals surface area contributed by atoms with Crippen molar-refractivity contribution in [1.29, 1.82) is 0 Å². The van der Waals surface area contributed by atoms with Gasteiger partial charge < -0.3 is 9.47 Å². The Morgan fingerprint density at radius 3 is 2.54 bits per heavy atom. The second kappa shape index (κ2) is 8.01. The quantitative estimate of drug-likeness (QED) is 0.556. The van der Waals surface area contributed by atoms with Crippen molar-refractivity contribution in [1.82, 2.24) is 0 Å². The Labute approximate surface area is 165 Å². The molecule has 0 aromatic heterocycles. The van der Waals surface area contributed by atoms with Crippen molar-refractivity contribution < 1.29 is 19.1 Å². The van der Waals surface area contributed by atoms with Crippen molar-refractivity contribution in [2.24, 2.45) is 11.8 Å². The average Bonchev–Trinajstić information content (AvgIpc) is 3.22. The fraction of sp³-hybridized carbons (Fsp3) is 0.333. The van der Waals surface area contributed by atoms with Crippen molar-refractivity contribution in [2.45, 2.75) is 38.4 Å². The molecule has 1 heterocycles. The van der Waals surface area contributed by atoms with E-state index in [2.05, 4.69) is 19.1 Å². The number of allylic oxidation sites excluding steroid dienone is 1. The minimum Gasteiger partial charge on any atom is -0.462 e. The molecule has 0 bridgehead atoms. The zero-order valence-electron chi connectivity index (χ0n) is 15.9. The van der Waals surface area contributed by atoms with E-state index in [1.54, 1.807) is 12.1 Å². The Morgan fingerprint density at radius 1 is 1.11 bits per heavy atom. The van der Waals surface area contributed by atoms with Crippen molar-refractivity contribution in [3.8, 4) is 11.1 Å². The highest BCUT2D eigenvalue weighted by Crippen LogP contribution is 2.43. The van der Waals surface area contributed by atoms with Gasteiger partial charge in [-0.15, -0.1) is 0 Å². The van der Waals surface area contributed by atoms with Crippen LogP contribution < -0.4 is 0 Å². The zero-order chi connectivity index (χ0) is 19.5. The van der Waals surface area contributed by atoms with Gasteiger partial charge in [-0.1, -0.05) is 61.5 Å². The van der Waals surface area contributed by atoms with Crippen LogP contribution >= 0.6 is 0 Å². The molecule has 4 atom stereocenters. The highest BCUT2D eigenvalue weighted by atomic mass is 16.6. The molecule has 0 radical (unpaired) electrons. The maximum Gasteiger partial charge on any atom is 0.338 e. The Bertz CT molecular complexity index is 869. The molecule has 2 aromatic rings. The number of rotatable bonds is 5. The molecule has 2 aliphatic rings. The number of esters is 2. The lowest BCUT2D eigenvalue weighted by molar-refractivity contribution is -0.141. The molecular weight excluding hydrogens is 352 g/mol. The molecule has 4 heteroatoms. The fourth-order valence-corrected chi connectivity index (χ4v) is 4.22. The highest BCUT2D eigenvalue weighted by molar-refractivity contribution is 5.90. The molecule has 1 saturated heterocycles. The molecule has 2 aromatic carbocycles. The molecule has 0 amide bonds. The van der Waals surface area contributed by atoms with Gasteiger partial charge in [-0.3, -0.25) is 4.79 Å². The van der Waals surface area contributed by atoms with Gasteiger partial charge in [-0.2, -0.15) is 0 Å². The second-order valence-corrected chi connectivity index (χ2v) is 7.43. The number of hydrogen-bond acceptors (Lipinski definition) is 4. The summed E-state index contributed by atoms with van der Waals surface area (Å²) in [4.78, 5) is 24.3. The van der Waals surface area contributed by atoms with Gasteiger partial charge in [0, 0.05) is 18.3 Å². The lowest BCUT2D eigenvalue weighted by Gasteiger charge is -2.20. The van der Waals surface area contributed by atoms with Crippen LogP contribution in [0.2, 0.25) is 0 Å². The second-order valence-electron chi connectivity index (χ2n) is 7.43. The van der Waals surface area contributed by atoms with Crippen LogP contribution in [0.1, 0.15) is 36.5 Å². The lowest BCUT2D eigenvalue weighted by Crippen LogP contribution is -2.24. The van der Waals surface area contributed by atoms with Crippen LogP contribution in [-0.4, -0.2) is 24.1 Å². The molecule has 1 aliphatic carbocycles. The van der Waals surface area contributed by atoms with Gasteiger partial charge in [0.1, 0.15) is 12.2 Å². The topological polar surface area (TPSA) is 52.6 Å². The van der Waals surface area contributed by atoms with Gasteiger partial charge >= 0.3 is 11.9 Å². The first-order chi connectivity index (χ1) is 13.7. The minimum atomic E-state index is -0.328. The van der Waals surface area contributed by atoms with Crippen LogP contribution in [0, 0.1) is 11.8 Å². The van der Waals surface area contributed by atoms with Crippen LogP contribution in [0.25, 0.3) is 11.1 Å². The Balaban J connectivity index is 1.46. The van der Waals surface area contributed by atoms with Crippen molar-refractivity contribution >= 4 is 11.9 Å². The van der Waals surface area contributed by atoms with E-state index in [4.69, 9.17) is 9.47 Å². The molecule has 0 unspecified atom stereocenters.